The van der Waals surface area contributed by atoms with Crippen LogP contribution in [0.2, 0.25) is 0 Å². The Morgan fingerprint density at radius 1 is 1.44 bits per heavy atom. The van der Waals surface area contributed by atoms with E-state index < -0.39 is 5.82 Å². The minimum atomic E-state index is -0.392. The number of nitrogens with one attached hydrogen (secondary N) is 1. The van der Waals surface area contributed by atoms with E-state index in [1.54, 1.807) is 12.1 Å². The fraction of sp³-hybridized carbons (Fsp3) is 0.333. The van der Waals surface area contributed by atoms with Crippen LogP contribution in [-0.2, 0) is 6.54 Å². The second-order valence-corrected chi connectivity index (χ2v) is 5.09. The summed E-state index contributed by atoms with van der Waals surface area (Å²) >= 11 is 3.20. The minimum Gasteiger partial charge on any atom is -0.334 e. The predicted molar refractivity (Wildman–Crippen MR) is 69.4 cm³/mol. The van der Waals surface area contributed by atoms with Crippen molar-refractivity contribution in [2.75, 3.05) is 0 Å². The molecule has 6 heteroatoms. The van der Waals surface area contributed by atoms with Crippen molar-refractivity contribution in [1.29, 1.82) is 0 Å². The van der Waals surface area contributed by atoms with Crippen LogP contribution < -0.4 is 5.32 Å². The van der Waals surface area contributed by atoms with Gasteiger partial charge >= 0.3 is 0 Å². The molecule has 2 rings (SSSR count). The van der Waals surface area contributed by atoms with Crippen LogP contribution in [0.5, 0.6) is 0 Å². The third-order valence-corrected chi connectivity index (χ3v) is 2.79. The summed E-state index contributed by atoms with van der Waals surface area (Å²) in [6.07, 6.45) is 0. The quantitative estimate of drug-likeness (QED) is 0.942. The van der Waals surface area contributed by atoms with Crippen molar-refractivity contribution in [3.63, 3.8) is 0 Å². The molecular formula is C12H13BrFN3O. The van der Waals surface area contributed by atoms with Crippen LogP contribution >= 0.6 is 15.9 Å². The van der Waals surface area contributed by atoms with Gasteiger partial charge in [0, 0.05) is 10.5 Å². The predicted octanol–water partition coefficient (Wildman–Crippen LogP) is 3.14. The molecular weight excluding hydrogens is 301 g/mol. The fourth-order valence-electron chi connectivity index (χ4n) is 1.39. The van der Waals surface area contributed by atoms with E-state index in [-0.39, 0.29) is 5.89 Å². The highest BCUT2D eigenvalue weighted by atomic mass is 79.9. The van der Waals surface area contributed by atoms with Gasteiger partial charge in [-0.1, -0.05) is 34.9 Å². The zero-order chi connectivity index (χ0) is 13.1. The topological polar surface area (TPSA) is 51.0 Å². The van der Waals surface area contributed by atoms with Gasteiger partial charge < -0.3 is 9.84 Å². The lowest BCUT2D eigenvalue weighted by Crippen LogP contribution is -2.22. The van der Waals surface area contributed by atoms with Crippen LogP contribution in [-0.4, -0.2) is 16.2 Å². The Bertz CT molecular complexity index is 542. The third kappa shape index (κ3) is 3.14. The average Bonchev–Trinajstić information content (AvgIpc) is 2.75. The summed E-state index contributed by atoms with van der Waals surface area (Å²) in [6.45, 7) is 4.55. The van der Waals surface area contributed by atoms with Gasteiger partial charge in [0.2, 0.25) is 0 Å². The lowest BCUT2D eigenvalue weighted by Gasteiger charge is -2.03. The number of hydrogen-bond donors (Lipinski definition) is 1. The number of hydrogen-bond acceptors (Lipinski definition) is 4. The van der Waals surface area contributed by atoms with E-state index in [4.69, 9.17) is 4.52 Å². The Morgan fingerprint density at radius 2 is 2.22 bits per heavy atom. The Morgan fingerprint density at radius 3 is 2.89 bits per heavy atom. The molecule has 1 heterocycles. The molecule has 0 bridgehead atoms. The molecule has 1 N–H and O–H groups in total. The SMILES string of the molecule is CC(C)NCc1noc(-c2ccc(Br)cc2F)n1. The first kappa shape index (κ1) is 13.2. The molecule has 0 amide bonds. The van der Waals surface area contributed by atoms with Crippen LogP contribution in [0.4, 0.5) is 4.39 Å². The van der Waals surface area contributed by atoms with Gasteiger partial charge in [-0.2, -0.15) is 4.98 Å². The summed E-state index contributed by atoms with van der Waals surface area (Å²) in [4.78, 5) is 4.15. The molecule has 1 aromatic carbocycles. The molecule has 0 aliphatic heterocycles. The fourth-order valence-corrected chi connectivity index (χ4v) is 1.73. The van der Waals surface area contributed by atoms with E-state index >= 15 is 0 Å². The van der Waals surface area contributed by atoms with Crippen LogP contribution in [0.25, 0.3) is 11.5 Å². The molecule has 4 nitrogen and oxygen atoms in total. The van der Waals surface area contributed by atoms with Gasteiger partial charge in [0.15, 0.2) is 5.82 Å². The second-order valence-electron chi connectivity index (χ2n) is 4.18. The Balaban J connectivity index is 2.18. The van der Waals surface area contributed by atoms with Gasteiger partial charge in [-0.25, -0.2) is 4.39 Å². The van der Waals surface area contributed by atoms with E-state index in [2.05, 4.69) is 31.4 Å². The first-order valence-corrected chi connectivity index (χ1v) is 6.37. The molecule has 0 saturated heterocycles. The first-order chi connectivity index (χ1) is 8.56. The number of aromatic nitrogens is 2. The van der Waals surface area contributed by atoms with Crippen LogP contribution in [0.1, 0.15) is 19.7 Å². The zero-order valence-corrected chi connectivity index (χ0v) is 11.7. The summed E-state index contributed by atoms with van der Waals surface area (Å²) in [7, 11) is 0. The largest absolute Gasteiger partial charge is 0.334 e. The normalized spacial score (nSPS) is 11.2. The standard InChI is InChI=1S/C12H13BrFN3O/c1-7(2)15-6-11-16-12(18-17-11)9-4-3-8(13)5-10(9)14/h3-5,7,15H,6H2,1-2H3. The third-order valence-electron chi connectivity index (χ3n) is 2.30. The Labute approximate surface area is 113 Å². The van der Waals surface area contributed by atoms with E-state index in [9.17, 15) is 4.39 Å². The van der Waals surface area contributed by atoms with Crippen molar-refractivity contribution in [2.24, 2.45) is 0 Å². The summed E-state index contributed by atoms with van der Waals surface area (Å²) in [5, 5.41) is 6.97. The van der Waals surface area contributed by atoms with Gasteiger partial charge in [0.1, 0.15) is 5.82 Å². The monoisotopic (exact) mass is 313 g/mol. The molecule has 0 fully saturated rings. The van der Waals surface area contributed by atoms with Crippen molar-refractivity contribution >= 4 is 15.9 Å². The highest BCUT2D eigenvalue weighted by Gasteiger charge is 2.13. The van der Waals surface area contributed by atoms with Crippen molar-refractivity contribution in [1.82, 2.24) is 15.5 Å². The van der Waals surface area contributed by atoms with E-state index in [1.165, 1.54) is 6.07 Å². The number of halogens is 2. The van der Waals surface area contributed by atoms with E-state index in [0.717, 1.165) is 0 Å². The van der Waals surface area contributed by atoms with Gasteiger partial charge in [-0.05, 0) is 18.2 Å². The van der Waals surface area contributed by atoms with Crippen molar-refractivity contribution in [3.05, 3.63) is 34.3 Å². The average molecular weight is 314 g/mol. The summed E-state index contributed by atoms with van der Waals surface area (Å²) in [5.41, 5.74) is 0.307. The van der Waals surface area contributed by atoms with Crippen LogP contribution in [0.15, 0.2) is 27.2 Å². The first-order valence-electron chi connectivity index (χ1n) is 5.57. The molecule has 0 radical (unpaired) electrons. The van der Waals surface area contributed by atoms with Crippen LogP contribution in [0.3, 0.4) is 0 Å². The van der Waals surface area contributed by atoms with Gasteiger partial charge in [0.05, 0.1) is 12.1 Å². The molecule has 0 atom stereocenters. The molecule has 0 aliphatic rings. The van der Waals surface area contributed by atoms with Gasteiger partial charge in [-0.3, -0.25) is 0 Å². The van der Waals surface area contributed by atoms with Gasteiger partial charge in [-0.15, -0.1) is 0 Å². The van der Waals surface area contributed by atoms with Crippen LogP contribution in [0, 0.1) is 5.82 Å². The zero-order valence-electron chi connectivity index (χ0n) is 10.1. The summed E-state index contributed by atoms with van der Waals surface area (Å²) in [6, 6.07) is 5.03. The molecule has 0 saturated carbocycles. The maximum Gasteiger partial charge on any atom is 0.260 e. The molecule has 2 aromatic rings. The lowest BCUT2D eigenvalue weighted by atomic mass is 10.2. The molecule has 18 heavy (non-hydrogen) atoms. The second kappa shape index (κ2) is 5.58. The maximum atomic E-state index is 13.7. The Hall–Kier alpha value is -1.27. The van der Waals surface area contributed by atoms with Crippen molar-refractivity contribution < 1.29 is 8.91 Å². The molecule has 1 aromatic heterocycles. The summed E-state index contributed by atoms with van der Waals surface area (Å²) < 4.78 is 19.4. The number of rotatable bonds is 4. The highest BCUT2D eigenvalue weighted by Crippen LogP contribution is 2.23. The lowest BCUT2D eigenvalue weighted by molar-refractivity contribution is 0.415. The van der Waals surface area contributed by atoms with Crippen molar-refractivity contribution in [2.45, 2.75) is 26.4 Å². The molecule has 0 spiro atoms. The smallest absolute Gasteiger partial charge is 0.260 e. The Kier molecular flexibility index (Phi) is 4.08. The molecule has 0 aliphatic carbocycles. The number of benzene rings is 1. The minimum absolute atomic E-state index is 0.195. The highest BCUT2D eigenvalue weighted by molar-refractivity contribution is 9.10. The molecule has 96 valence electrons. The summed E-state index contributed by atoms with van der Waals surface area (Å²) in [5.74, 6) is 0.318. The molecule has 0 unspecified atom stereocenters. The van der Waals surface area contributed by atoms with Gasteiger partial charge in [0.25, 0.3) is 5.89 Å². The van der Waals surface area contributed by atoms with Crippen molar-refractivity contribution in [3.8, 4) is 11.5 Å². The van der Waals surface area contributed by atoms with E-state index in [0.29, 0.717) is 28.4 Å². The number of nitrogens with zero attached hydrogens (tertiary/aromatic N) is 2. The maximum absolute atomic E-state index is 13.7. The van der Waals surface area contributed by atoms with E-state index in [1.807, 2.05) is 13.8 Å².